The van der Waals surface area contributed by atoms with Gasteiger partial charge in [-0.25, -0.2) is 9.89 Å². The van der Waals surface area contributed by atoms with Gasteiger partial charge < -0.3 is 4.74 Å². The SMILES string of the molecule is CN(Cc1n[nH]c(=O)[nH]1)C(COCc1cc(C(F)(F)F)cc(C(F)(F)F)c1)c1ccccc1. The Morgan fingerprint density at radius 3 is 2.12 bits per heavy atom. The Balaban J connectivity index is 1.77. The normalized spacial score (nSPS) is 13.5. The number of alkyl halides is 6. The van der Waals surface area contributed by atoms with Gasteiger partial charge in [-0.15, -0.1) is 0 Å². The highest BCUT2D eigenvalue weighted by Crippen LogP contribution is 2.36. The van der Waals surface area contributed by atoms with E-state index in [0.717, 1.165) is 5.56 Å². The molecule has 0 aliphatic carbocycles. The highest BCUT2D eigenvalue weighted by Gasteiger charge is 2.36. The average molecular weight is 474 g/mol. The molecule has 0 bridgehead atoms. The van der Waals surface area contributed by atoms with Crippen LogP contribution in [0.4, 0.5) is 26.3 Å². The van der Waals surface area contributed by atoms with Crippen molar-refractivity contribution in [3.05, 3.63) is 87.1 Å². The number of benzene rings is 2. The standard InChI is InChI=1S/C21H20F6N4O2/c1-31(10-18-28-19(32)30-29-18)17(14-5-3-2-4-6-14)12-33-11-13-7-15(20(22,23)24)9-16(8-13)21(25,26)27/h2-9,17H,10-12H2,1H3,(H2,28,29,30,32). The molecule has 0 aliphatic rings. The summed E-state index contributed by atoms with van der Waals surface area (Å²) in [6.45, 7) is -0.278. The number of ether oxygens (including phenoxy) is 1. The number of halogens is 6. The molecule has 33 heavy (non-hydrogen) atoms. The molecule has 2 aromatic carbocycles. The van der Waals surface area contributed by atoms with E-state index in [-0.39, 0.29) is 24.8 Å². The topological polar surface area (TPSA) is 74.0 Å². The number of H-pyrrole nitrogens is 2. The minimum Gasteiger partial charge on any atom is -0.375 e. The number of nitrogens with one attached hydrogen (secondary N) is 2. The summed E-state index contributed by atoms with van der Waals surface area (Å²) in [4.78, 5) is 15.6. The molecular formula is C21H20F6N4O2. The van der Waals surface area contributed by atoms with Gasteiger partial charge in [-0.2, -0.15) is 31.4 Å². The van der Waals surface area contributed by atoms with Gasteiger partial charge in [0, 0.05) is 0 Å². The van der Waals surface area contributed by atoms with E-state index in [0.29, 0.717) is 18.0 Å². The van der Waals surface area contributed by atoms with Gasteiger partial charge in [0.15, 0.2) is 0 Å². The molecule has 0 aliphatic heterocycles. The average Bonchev–Trinajstić information content (AvgIpc) is 3.14. The van der Waals surface area contributed by atoms with Crippen molar-refractivity contribution >= 4 is 0 Å². The van der Waals surface area contributed by atoms with Crippen LogP contribution in [-0.4, -0.2) is 33.7 Å². The van der Waals surface area contributed by atoms with E-state index in [1.165, 1.54) is 0 Å². The van der Waals surface area contributed by atoms with Crippen molar-refractivity contribution in [3.8, 4) is 0 Å². The molecular weight excluding hydrogens is 454 g/mol. The van der Waals surface area contributed by atoms with Crippen LogP contribution in [0.2, 0.25) is 0 Å². The summed E-state index contributed by atoms with van der Waals surface area (Å²) in [5, 5.41) is 6.09. The highest BCUT2D eigenvalue weighted by molar-refractivity contribution is 5.33. The summed E-state index contributed by atoms with van der Waals surface area (Å²) < 4.78 is 84.0. The van der Waals surface area contributed by atoms with Gasteiger partial charge in [0.25, 0.3) is 0 Å². The molecule has 0 amide bonds. The molecule has 0 fully saturated rings. The summed E-state index contributed by atoms with van der Waals surface area (Å²) in [5.74, 6) is 0.358. The van der Waals surface area contributed by atoms with Crippen LogP contribution >= 0.6 is 0 Å². The van der Waals surface area contributed by atoms with Gasteiger partial charge in [0.2, 0.25) is 0 Å². The number of nitrogens with zero attached hydrogens (tertiary/aromatic N) is 2. The van der Waals surface area contributed by atoms with Crippen molar-refractivity contribution in [3.63, 3.8) is 0 Å². The molecule has 1 aromatic heterocycles. The molecule has 1 heterocycles. The Morgan fingerprint density at radius 1 is 1.00 bits per heavy atom. The maximum absolute atomic E-state index is 13.1. The molecule has 1 atom stereocenters. The maximum atomic E-state index is 13.1. The van der Waals surface area contributed by atoms with Crippen LogP contribution in [0.5, 0.6) is 0 Å². The summed E-state index contributed by atoms with van der Waals surface area (Å²) in [6, 6.07) is 9.94. The summed E-state index contributed by atoms with van der Waals surface area (Å²) in [5.41, 5.74) is -2.71. The first-order chi connectivity index (χ1) is 15.4. The number of aromatic amines is 2. The Labute approximate surface area is 184 Å². The van der Waals surface area contributed by atoms with Gasteiger partial charge in [-0.1, -0.05) is 30.3 Å². The Bertz CT molecular complexity index is 1080. The van der Waals surface area contributed by atoms with E-state index in [2.05, 4.69) is 15.2 Å². The van der Waals surface area contributed by atoms with Crippen LogP contribution in [0.15, 0.2) is 53.3 Å². The second kappa shape index (κ2) is 9.79. The minimum atomic E-state index is -4.93. The fraction of sp³-hybridized carbons (Fsp3) is 0.333. The van der Waals surface area contributed by atoms with Crippen LogP contribution in [0.1, 0.15) is 34.1 Å². The Kier molecular flexibility index (Phi) is 7.28. The Hall–Kier alpha value is -3.12. The number of rotatable bonds is 8. The smallest absolute Gasteiger partial charge is 0.375 e. The van der Waals surface area contributed by atoms with Crippen molar-refractivity contribution in [2.45, 2.75) is 31.5 Å². The van der Waals surface area contributed by atoms with Crippen LogP contribution in [0, 0.1) is 0 Å². The number of likely N-dealkylation sites (N-methyl/N-ethyl adjacent to an activating group) is 1. The first-order valence-corrected chi connectivity index (χ1v) is 9.68. The lowest BCUT2D eigenvalue weighted by molar-refractivity contribution is -0.143. The zero-order chi connectivity index (χ0) is 24.2. The molecule has 3 aromatic rings. The zero-order valence-corrected chi connectivity index (χ0v) is 17.3. The third kappa shape index (κ3) is 6.68. The van der Waals surface area contributed by atoms with Crippen molar-refractivity contribution in [2.75, 3.05) is 13.7 Å². The lowest BCUT2D eigenvalue weighted by atomic mass is 10.0. The van der Waals surface area contributed by atoms with Crippen molar-refractivity contribution < 1.29 is 31.1 Å². The second-order valence-corrected chi connectivity index (χ2v) is 7.40. The quantitative estimate of drug-likeness (QED) is 0.471. The van der Waals surface area contributed by atoms with Crippen LogP contribution in [-0.2, 0) is 30.2 Å². The molecule has 1 unspecified atom stereocenters. The van der Waals surface area contributed by atoms with Crippen LogP contribution in [0.25, 0.3) is 0 Å². The van der Waals surface area contributed by atoms with Gasteiger partial charge in [-0.3, -0.25) is 9.88 Å². The van der Waals surface area contributed by atoms with Gasteiger partial charge in [-0.05, 0) is 36.4 Å². The molecule has 178 valence electrons. The first-order valence-electron chi connectivity index (χ1n) is 9.68. The third-order valence-electron chi connectivity index (χ3n) is 4.86. The predicted octanol–water partition coefficient (Wildman–Crippen LogP) is 4.53. The lowest BCUT2D eigenvalue weighted by Gasteiger charge is -2.27. The predicted molar refractivity (Wildman–Crippen MR) is 106 cm³/mol. The van der Waals surface area contributed by atoms with Crippen molar-refractivity contribution in [2.24, 2.45) is 0 Å². The van der Waals surface area contributed by atoms with Gasteiger partial charge in [0.05, 0.1) is 36.9 Å². The molecule has 2 N–H and O–H groups in total. The summed E-state index contributed by atoms with van der Waals surface area (Å²) in [7, 11) is 1.72. The molecule has 12 heteroatoms. The monoisotopic (exact) mass is 474 g/mol. The van der Waals surface area contributed by atoms with E-state index in [9.17, 15) is 31.1 Å². The Morgan fingerprint density at radius 2 is 1.61 bits per heavy atom. The number of hydrogen-bond donors (Lipinski definition) is 2. The van der Waals surface area contributed by atoms with Crippen LogP contribution < -0.4 is 5.69 Å². The van der Waals surface area contributed by atoms with E-state index in [1.54, 1.807) is 30.1 Å². The largest absolute Gasteiger partial charge is 0.416 e. The van der Waals surface area contributed by atoms with E-state index < -0.39 is 41.8 Å². The van der Waals surface area contributed by atoms with E-state index >= 15 is 0 Å². The zero-order valence-electron chi connectivity index (χ0n) is 17.3. The van der Waals surface area contributed by atoms with E-state index in [4.69, 9.17) is 4.74 Å². The van der Waals surface area contributed by atoms with Crippen molar-refractivity contribution in [1.82, 2.24) is 20.1 Å². The highest BCUT2D eigenvalue weighted by atomic mass is 19.4. The van der Waals surface area contributed by atoms with E-state index in [1.807, 2.05) is 12.1 Å². The van der Waals surface area contributed by atoms with Gasteiger partial charge >= 0.3 is 18.0 Å². The first kappa shape index (κ1) is 24.5. The number of hydrogen-bond acceptors (Lipinski definition) is 4. The molecule has 0 saturated carbocycles. The summed E-state index contributed by atoms with van der Waals surface area (Å²) >= 11 is 0. The molecule has 0 spiro atoms. The minimum absolute atomic E-state index is 0.0350. The van der Waals surface area contributed by atoms with Crippen LogP contribution in [0.3, 0.4) is 0 Å². The fourth-order valence-corrected chi connectivity index (χ4v) is 3.27. The molecule has 3 rings (SSSR count). The lowest BCUT2D eigenvalue weighted by Crippen LogP contribution is -2.28. The summed E-state index contributed by atoms with van der Waals surface area (Å²) in [6.07, 6.45) is -9.85. The fourth-order valence-electron chi connectivity index (χ4n) is 3.27. The molecule has 0 saturated heterocycles. The second-order valence-electron chi connectivity index (χ2n) is 7.40. The number of aromatic nitrogens is 3. The van der Waals surface area contributed by atoms with Gasteiger partial charge in [0.1, 0.15) is 5.82 Å². The molecule has 0 radical (unpaired) electrons. The third-order valence-corrected chi connectivity index (χ3v) is 4.86. The maximum Gasteiger partial charge on any atom is 0.416 e. The van der Waals surface area contributed by atoms with Crippen molar-refractivity contribution in [1.29, 1.82) is 0 Å². The molecule has 6 nitrogen and oxygen atoms in total.